The fourth-order valence-corrected chi connectivity index (χ4v) is 4.12. The third-order valence-corrected chi connectivity index (χ3v) is 6.53. The van der Waals surface area contributed by atoms with E-state index in [0.717, 1.165) is 18.7 Å². The van der Waals surface area contributed by atoms with Crippen molar-refractivity contribution in [2.24, 2.45) is 0 Å². The fourth-order valence-electron chi connectivity index (χ4n) is 3.39. The minimum absolute atomic E-state index is 0. The lowest BCUT2D eigenvalue weighted by molar-refractivity contribution is -0.132. The molecule has 3 N–H and O–H groups in total. The number of carbonyl (C=O) groups excluding carboxylic acids is 1. The molecule has 0 aliphatic carbocycles. The molecule has 2 aromatic rings. The van der Waals surface area contributed by atoms with Gasteiger partial charge in [-0.05, 0) is 63.7 Å². The predicted octanol–water partition coefficient (Wildman–Crippen LogP) is 1.17. The van der Waals surface area contributed by atoms with E-state index in [1.54, 1.807) is 23.0 Å². The van der Waals surface area contributed by atoms with Crippen LogP contribution < -0.4 is 15.4 Å². The zero-order valence-electron chi connectivity index (χ0n) is 15.9. The SMILES string of the molecule is CNS(=O)(=O)c1ccc(C(C)NC(=O)C2(n3cccn3)CCNCC2)cc1.Cl. The van der Waals surface area contributed by atoms with E-state index in [2.05, 4.69) is 20.5 Å². The maximum atomic E-state index is 13.2. The molecule has 2 heterocycles. The van der Waals surface area contributed by atoms with Gasteiger partial charge >= 0.3 is 0 Å². The molecule has 0 spiro atoms. The van der Waals surface area contributed by atoms with Crippen LogP contribution in [0.1, 0.15) is 31.4 Å². The lowest BCUT2D eigenvalue weighted by Gasteiger charge is -2.37. The summed E-state index contributed by atoms with van der Waals surface area (Å²) in [5.41, 5.74) is 0.126. The monoisotopic (exact) mass is 427 g/mol. The molecule has 1 fully saturated rings. The lowest BCUT2D eigenvalue weighted by atomic mass is 9.87. The molecule has 0 bridgehead atoms. The first-order valence-electron chi connectivity index (χ1n) is 8.94. The number of nitrogens with one attached hydrogen (secondary N) is 3. The molecular formula is C18H26ClN5O3S. The van der Waals surface area contributed by atoms with Crippen LogP contribution in [-0.4, -0.2) is 44.2 Å². The van der Waals surface area contributed by atoms with Gasteiger partial charge in [0.15, 0.2) is 0 Å². The summed E-state index contributed by atoms with van der Waals surface area (Å²) in [6.07, 6.45) is 4.83. The normalized spacial score (nSPS) is 17.4. The molecule has 3 rings (SSSR count). The summed E-state index contributed by atoms with van der Waals surface area (Å²) in [4.78, 5) is 13.4. The van der Waals surface area contributed by atoms with E-state index in [4.69, 9.17) is 0 Å². The highest BCUT2D eigenvalue weighted by Gasteiger charge is 2.42. The first kappa shape index (κ1) is 22.4. The minimum atomic E-state index is -3.48. The molecule has 28 heavy (non-hydrogen) atoms. The molecule has 0 radical (unpaired) electrons. The number of aromatic nitrogens is 2. The molecule has 1 aromatic heterocycles. The maximum absolute atomic E-state index is 13.2. The zero-order valence-corrected chi connectivity index (χ0v) is 17.5. The summed E-state index contributed by atoms with van der Waals surface area (Å²) in [6, 6.07) is 8.08. The smallest absolute Gasteiger partial charge is 0.248 e. The van der Waals surface area contributed by atoms with Gasteiger partial charge in [-0.25, -0.2) is 13.1 Å². The van der Waals surface area contributed by atoms with Gasteiger partial charge in [0.2, 0.25) is 15.9 Å². The van der Waals surface area contributed by atoms with Crippen molar-refractivity contribution in [1.29, 1.82) is 0 Å². The van der Waals surface area contributed by atoms with E-state index in [9.17, 15) is 13.2 Å². The summed E-state index contributed by atoms with van der Waals surface area (Å²) < 4.78 is 27.7. The minimum Gasteiger partial charge on any atom is -0.347 e. The molecule has 0 saturated carbocycles. The number of sulfonamides is 1. The Hall–Kier alpha value is -1.94. The van der Waals surface area contributed by atoms with E-state index in [1.807, 2.05) is 19.2 Å². The number of halogens is 1. The molecular weight excluding hydrogens is 402 g/mol. The summed E-state index contributed by atoms with van der Waals surface area (Å²) in [7, 11) is -2.10. The number of hydrogen-bond donors (Lipinski definition) is 3. The van der Waals surface area contributed by atoms with Crippen molar-refractivity contribution in [1.82, 2.24) is 25.1 Å². The molecule has 8 nitrogen and oxygen atoms in total. The van der Waals surface area contributed by atoms with Gasteiger partial charge in [-0.1, -0.05) is 12.1 Å². The molecule has 1 aromatic carbocycles. The van der Waals surface area contributed by atoms with E-state index >= 15 is 0 Å². The number of piperidine rings is 1. The van der Waals surface area contributed by atoms with Gasteiger partial charge in [0.25, 0.3) is 0 Å². The van der Waals surface area contributed by atoms with Crippen LogP contribution >= 0.6 is 12.4 Å². The Morgan fingerprint density at radius 3 is 2.43 bits per heavy atom. The summed E-state index contributed by atoms with van der Waals surface area (Å²) in [6.45, 7) is 3.38. The highest BCUT2D eigenvalue weighted by atomic mass is 35.5. The molecule has 154 valence electrons. The third-order valence-electron chi connectivity index (χ3n) is 5.10. The molecule has 1 aliphatic rings. The van der Waals surface area contributed by atoms with Gasteiger partial charge in [0.1, 0.15) is 5.54 Å². The fraction of sp³-hybridized carbons (Fsp3) is 0.444. The van der Waals surface area contributed by atoms with Crippen LogP contribution in [0.4, 0.5) is 0 Å². The van der Waals surface area contributed by atoms with Gasteiger partial charge in [0, 0.05) is 12.4 Å². The molecule has 1 aliphatic heterocycles. The van der Waals surface area contributed by atoms with Gasteiger partial charge in [-0.2, -0.15) is 5.10 Å². The Kier molecular flexibility index (Phi) is 7.22. The second-order valence-corrected chi connectivity index (χ2v) is 8.59. The summed E-state index contributed by atoms with van der Waals surface area (Å²) >= 11 is 0. The van der Waals surface area contributed by atoms with Crippen molar-refractivity contribution in [2.45, 2.75) is 36.2 Å². The van der Waals surface area contributed by atoms with Crippen LogP contribution in [0.3, 0.4) is 0 Å². The predicted molar refractivity (Wildman–Crippen MR) is 109 cm³/mol. The highest BCUT2D eigenvalue weighted by Crippen LogP contribution is 2.28. The molecule has 1 atom stereocenters. The Labute approximate surface area is 171 Å². The molecule has 1 unspecified atom stereocenters. The molecule has 1 saturated heterocycles. The van der Waals surface area contributed by atoms with Crippen LogP contribution in [0.5, 0.6) is 0 Å². The molecule has 10 heteroatoms. The average molecular weight is 428 g/mol. The summed E-state index contributed by atoms with van der Waals surface area (Å²) in [5, 5.41) is 10.7. The maximum Gasteiger partial charge on any atom is 0.248 e. The van der Waals surface area contributed by atoms with Crippen LogP contribution in [0.2, 0.25) is 0 Å². The summed E-state index contributed by atoms with van der Waals surface area (Å²) in [5.74, 6) is -0.0767. The number of rotatable bonds is 6. The van der Waals surface area contributed by atoms with Crippen molar-refractivity contribution in [3.05, 3.63) is 48.3 Å². The highest BCUT2D eigenvalue weighted by molar-refractivity contribution is 7.89. The number of benzene rings is 1. The van der Waals surface area contributed by atoms with Crippen molar-refractivity contribution < 1.29 is 13.2 Å². The largest absolute Gasteiger partial charge is 0.347 e. The third kappa shape index (κ3) is 4.38. The first-order valence-corrected chi connectivity index (χ1v) is 10.4. The van der Waals surface area contributed by atoms with Crippen molar-refractivity contribution in [2.75, 3.05) is 20.1 Å². The van der Waals surface area contributed by atoms with Gasteiger partial charge in [0.05, 0.1) is 10.9 Å². The number of hydrogen-bond acceptors (Lipinski definition) is 5. The van der Waals surface area contributed by atoms with Crippen LogP contribution in [-0.2, 0) is 20.4 Å². The Balaban J connectivity index is 0.00000280. The molecule has 1 amide bonds. The van der Waals surface area contributed by atoms with Gasteiger partial charge in [-0.15, -0.1) is 12.4 Å². The number of carbonyl (C=O) groups is 1. The van der Waals surface area contributed by atoms with Gasteiger partial charge in [-0.3, -0.25) is 9.48 Å². The second kappa shape index (κ2) is 9.04. The van der Waals surface area contributed by atoms with E-state index in [1.165, 1.54) is 19.2 Å². The van der Waals surface area contributed by atoms with Crippen LogP contribution in [0.15, 0.2) is 47.6 Å². The topological polar surface area (TPSA) is 105 Å². The number of nitrogens with zero attached hydrogens (tertiary/aromatic N) is 2. The second-order valence-electron chi connectivity index (χ2n) is 6.70. The first-order chi connectivity index (χ1) is 12.9. The van der Waals surface area contributed by atoms with Crippen LogP contribution in [0, 0.1) is 0 Å². The zero-order chi connectivity index (χ0) is 19.5. The average Bonchev–Trinajstić information content (AvgIpc) is 3.24. The lowest BCUT2D eigenvalue weighted by Crippen LogP contribution is -2.55. The Morgan fingerprint density at radius 1 is 1.25 bits per heavy atom. The van der Waals surface area contributed by atoms with E-state index < -0.39 is 15.6 Å². The van der Waals surface area contributed by atoms with Gasteiger partial charge < -0.3 is 10.6 Å². The number of amides is 1. The van der Waals surface area contributed by atoms with E-state index in [0.29, 0.717) is 12.8 Å². The van der Waals surface area contributed by atoms with Crippen molar-refractivity contribution >= 4 is 28.3 Å². The quantitative estimate of drug-likeness (QED) is 0.641. The van der Waals surface area contributed by atoms with Crippen molar-refractivity contribution in [3.63, 3.8) is 0 Å². The van der Waals surface area contributed by atoms with E-state index in [-0.39, 0.29) is 29.3 Å². The standard InChI is InChI=1S/C18H25N5O3S.ClH/c1-14(15-4-6-16(7-5-15)27(25,26)19-2)22-17(24)18(8-11-20-12-9-18)23-13-3-10-21-23;/h3-7,10,13-14,19-20H,8-9,11-12H2,1-2H3,(H,22,24);1H. The Morgan fingerprint density at radius 2 is 1.89 bits per heavy atom. The van der Waals surface area contributed by atoms with Crippen LogP contribution in [0.25, 0.3) is 0 Å². The van der Waals surface area contributed by atoms with Crippen molar-refractivity contribution in [3.8, 4) is 0 Å². The Bertz CT molecular complexity index is 878.